The fraction of sp³-hybridized carbons (Fsp3) is 0.316. The van der Waals surface area contributed by atoms with E-state index in [9.17, 15) is 9.18 Å². The number of carbonyl (C=O) groups is 1. The van der Waals surface area contributed by atoms with Crippen LogP contribution >= 0.6 is 11.8 Å². The molecule has 0 heterocycles. The van der Waals surface area contributed by atoms with Gasteiger partial charge in [-0.3, -0.25) is 4.79 Å². The molecule has 0 saturated heterocycles. The molecule has 3 N–H and O–H groups in total. The summed E-state index contributed by atoms with van der Waals surface area (Å²) < 4.78 is 14.0. The quantitative estimate of drug-likeness (QED) is 0.756. The Morgan fingerprint density at radius 3 is 2.50 bits per heavy atom. The number of hydrogen-bond acceptors (Lipinski definition) is 3. The number of hydrogen-bond donors (Lipinski definition) is 2. The average Bonchev–Trinajstić information content (AvgIpc) is 3.44. The molecule has 24 heavy (non-hydrogen) atoms. The topological polar surface area (TPSA) is 55.1 Å². The van der Waals surface area contributed by atoms with Crippen LogP contribution in [0.2, 0.25) is 0 Å². The van der Waals surface area contributed by atoms with Crippen molar-refractivity contribution in [1.29, 1.82) is 0 Å². The lowest BCUT2D eigenvalue weighted by molar-refractivity contribution is -0.120. The number of amides is 1. The maximum Gasteiger partial charge on any atom is 0.238 e. The van der Waals surface area contributed by atoms with Crippen LogP contribution < -0.4 is 11.1 Å². The minimum atomic E-state index is -0.505. The lowest BCUT2D eigenvalue weighted by Crippen LogP contribution is -2.40. The highest BCUT2D eigenvalue weighted by Crippen LogP contribution is 2.37. The highest BCUT2D eigenvalue weighted by atomic mass is 32.2. The third-order valence-corrected chi connectivity index (χ3v) is 5.47. The molecule has 1 fully saturated rings. The first-order chi connectivity index (χ1) is 11.6. The van der Waals surface area contributed by atoms with E-state index in [-0.39, 0.29) is 17.8 Å². The zero-order valence-electron chi connectivity index (χ0n) is 13.3. The van der Waals surface area contributed by atoms with E-state index in [4.69, 9.17) is 5.73 Å². The lowest BCUT2D eigenvalue weighted by Gasteiger charge is -2.19. The minimum Gasteiger partial charge on any atom is -0.353 e. The van der Waals surface area contributed by atoms with Gasteiger partial charge in [0.2, 0.25) is 5.91 Å². The molecule has 5 heteroatoms. The van der Waals surface area contributed by atoms with Crippen molar-refractivity contribution in [3.63, 3.8) is 0 Å². The number of halogens is 1. The molecule has 126 valence electrons. The standard InChI is InChI=1S/C19H21FN2OS/c20-15-8-4-5-9-17(15)24-18(14-6-2-1-3-7-14)19(23)22-12-16(21)13-10-11-13/h1-9,13,16,18H,10-12,21H2,(H,22,23). The van der Waals surface area contributed by atoms with Gasteiger partial charge in [-0.25, -0.2) is 4.39 Å². The van der Waals surface area contributed by atoms with Crippen LogP contribution in [0.4, 0.5) is 4.39 Å². The number of benzene rings is 2. The highest BCUT2D eigenvalue weighted by molar-refractivity contribution is 8.00. The van der Waals surface area contributed by atoms with Gasteiger partial charge < -0.3 is 11.1 Å². The van der Waals surface area contributed by atoms with Gasteiger partial charge in [0.1, 0.15) is 11.1 Å². The fourth-order valence-electron chi connectivity index (χ4n) is 2.57. The molecule has 0 aliphatic heterocycles. The Morgan fingerprint density at radius 1 is 1.17 bits per heavy atom. The van der Waals surface area contributed by atoms with Crippen molar-refractivity contribution in [1.82, 2.24) is 5.32 Å². The normalized spacial score (nSPS) is 16.4. The number of thioether (sulfide) groups is 1. The van der Waals surface area contributed by atoms with Crippen LogP contribution in [0, 0.1) is 11.7 Å². The van der Waals surface area contributed by atoms with Crippen LogP contribution in [-0.2, 0) is 4.79 Å². The van der Waals surface area contributed by atoms with Gasteiger partial charge in [-0.1, -0.05) is 42.5 Å². The Labute approximate surface area is 145 Å². The van der Waals surface area contributed by atoms with E-state index in [1.807, 2.05) is 30.3 Å². The molecular weight excluding hydrogens is 323 g/mol. The number of carbonyl (C=O) groups excluding carboxylic acids is 1. The van der Waals surface area contributed by atoms with Crippen LogP contribution in [0.3, 0.4) is 0 Å². The van der Waals surface area contributed by atoms with Crippen LogP contribution in [0.1, 0.15) is 23.7 Å². The molecule has 0 bridgehead atoms. The predicted molar refractivity (Wildman–Crippen MR) is 95.1 cm³/mol. The Kier molecular flexibility index (Phi) is 5.53. The zero-order chi connectivity index (χ0) is 16.9. The van der Waals surface area contributed by atoms with Crippen molar-refractivity contribution in [2.75, 3.05) is 6.54 Å². The summed E-state index contributed by atoms with van der Waals surface area (Å²) in [4.78, 5) is 13.2. The van der Waals surface area contributed by atoms with Crippen molar-refractivity contribution in [3.05, 3.63) is 66.0 Å². The van der Waals surface area contributed by atoms with Gasteiger partial charge in [-0.05, 0) is 36.5 Å². The number of nitrogens with two attached hydrogens (primary N) is 1. The Bertz CT molecular complexity index is 691. The number of rotatable bonds is 7. The zero-order valence-corrected chi connectivity index (χ0v) is 14.1. The SMILES string of the molecule is NC(CNC(=O)C(Sc1ccccc1F)c1ccccc1)C1CC1. The molecule has 2 atom stereocenters. The summed E-state index contributed by atoms with van der Waals surface area (Å²) in [5.41, 5.74) is 6.91. The van der Waals surface area contributed by atoms with Gasteiger partial charge in [-0.2, -0.15) is 0 Å². The summed E-state index contributed by atoms with van der Waals surface area (Å²) >= 11 is 1.22. The smallest absolute Gasteiger partial charge is 0.238 e. The molecule has 2 aromatic carbocycles. The Morgan fingerprint density at radius 2 is 1.83 bits per heavy atom. The van der Waals surface area contributed by atoms with E-state index in [1.165, 1.54) is 17.8 Å². The molecule has 0 spiro atoms. The van der Waals surface area contributed by atoms with Gasteiger partial charge in [0.05, 0.1) is 0 Å². The molecule has 2 unspecified atom stereocenters. The van der Waals surface area contributed by atoms with E-state index < -0.39 is 5.25 Å². The Hall–Kier alpha value is -1.85. The van der Waals surface area contributed by atoms with Gasteiger partial charge >= 0.3 is 0 Å². The summed E-state index contributed by atoms with van der Waals surface area (Å²) in [6.45, 7) is 0.463. The molecule has 1 aliphatic rings. The molecule has 0 radical (unpaired) electrons. The molecule has 1 amide bonds. The van der Waals surface area contributed by atoms with E-state index in [0.717, 1.165) is 18.4 Å². The molecule has 1 saturated carbocycles. The second-order valence-corrected chi connectivity index (χ2v) is 7.23. The summed E-state index contributed by atoms with van der Waals surface area (Å²) in [5.74, 6) is 0.0798. The summed E-state index contributed by atoms with van der Waals surface area (Å²) in [6.07, 6.45) is 2.28. The van der Waals surface area contributed by atoms with Gasteiger partial charge in [0.15, 0.2) is 0 Å². The first-order valence-corrected chi connectivity index (χ1v) is 9.02. The maximum absolute atomic E-state index is 14.0. The molecule has 1 aliphatic carbocycles. The van der Waals surface area contributed by atoms with Crippen molar-refractivity contribution in [3.8, 4) is 0 Å². The average molecular weight is 344 g/mol. The van der Waals surface area contributed by atoms with Crippen molar-refractivity contribution in [2.45, 2.75) is 29.0 Å². The minimum absolute atomic E-state index is 0.00355. The van der Waals surface area contributed by atoms with Crippen LogP contribution in [0.25, 0.3) is 0 Å². The van der Waals surface area contributed by atoms with Crippen LogP contribution in [-0.4, -0.2) is 18.5 Å². The molecule has 3 rings (SSSR count). The predicted octanol–water partition coefficient (Wildman–Crippen LogP) is 3.51. The van der Waals surface area contributed by atoms with Crippen molar-refractivity contribution >= 4 is 17.7 Å². The summed E-state index contributed by atoms with van der Waals surface area (Å²) in [7, 11) is 0. The van der Waals surface area contributed by atoms with Crippen LogP contribution in [0.5, 0.6) is 0 Å². The van der Waals surface area contributed by atoms with Crippen molar-refractivity contribution < 1.29 is 9.18 Å². The third kappa shape index (κ3) is 4.36. The van der Waals surface area contributed by atoms with E-state index in [1.54, 1.807) is 18.2 Å². The molecular formula is C19H21FN2OS. The van der Waals surface area contributed by atoms with E-state index >= 15 is 0 Å². The highest BCUT2D eigenvalue weighted by Gasteiger charge is 2.30. The largest absolute Gasteiger partial charge is 0.353 e. The molecule has 3 nitrogen and oxygen atoms in total. The lowest BCUT2D eigenvalue weighted by atomic mass is 10.1. The second-order valence-electron chi connectivity index (χ2n) is 6.09. The Balaban J connectivity index is 1.74. The van der Waals surface area contributed by atoms with Crippen molar-refractivity contribution in [2.24, 2.45) is 11.7 Å². The second kappa shape index (κ2) is 7.81. The van der Waals surface area contributed by atoms with Gasteiger partial charge in [-0.15, -0.1) is 11.8 Å². The first-order valence-electron chi connectivity index (χ1n) is 8.14. The molecule has 2 aromatic rings. The maximum atomic E-state index is 14.0. The molecule has 0 aromatic heterocycles. The van der Waals surface area contributed by atoms with Crippen LogP contribution in [0.15, 0.2) is 59.5 Å². The summed E-state index contributed by atoms with van der Waals surface area (Å²) in [5, 5.41) is 2.43. The monoisotopic (exact) mass is 344 g/mol. The van der Waals surface area contributed by atoms with Gasteiger partial charge in [0, 0.05) is 17.5 Å². The van der Waals surface area contributed by atoms with Gasteiger partial charge in [0.25, 0.3) is 0 Å². The summed E-state index contributed by atoms with van der Waals surface area (Å²) in [6, 6.07) is 16.0. The van der Waals surface area contributed by atoms with E-state index in [2.05, 4.69) is 5.32 Å². The fourth-order valence-corrected chi connectivity index (χ4v) is 3.65. The number of nitrogens with one attached hydrogen (secondary N) is 1. The third-order valence-electron chi connectivity index (χ3n) is 4.16. The van der Waals surface area contributed by atoms with E-state index in [0.29, 0.717) is 17.4 Å². The first kappa shape index (κ1) is 17.0.